The zero-order valence-corrected chi connectivity index (χ0v) is 9.05. The van der Waals surface area contributed by atoms with Gasteiger partial charge in [0.2, 0.25) is 0 Å². The number of hydrogen-bond acceptors (Lipinski definition) is 4. The summed E-state index contributed by atoms with van der Waals surface area (Å²) in [6.45, 7) is 0. The van der Waals surface area contributed by atoms with Crippen molar-refractivity contribution < 1.29 is 13.9 Å². The number of halogens is 1. The van der Waals surface area contributed by atoms with Crippen LogP contribution >= 0.6 is 0 Å². The zero-order chi connectivity index (χ0) is 12.3. The number of carbonyl (C=O) groups excluding carboxylic acids is 1. The maximum atomic E-state index is 13.6. The summed E-state index contributed by atoms with van der Waals surface area (Å²) in [5.41, 5.74) is 0.848. The molecule has 0 amide bonds. The Bertz CT molecular complexity index is 543. The van der Waals surface area contributed by atoms with Crippen LogP contribution in [0.25, 0.3) is 11.1 Å². The van der Waals surface area contributed by atoms with Gasteiger partial charge >= 0.3 is 5.97 Å². The van der Waals surface area contributed by atoms with Gasteiger partial charge in [0.15, 0.2) is 5.82 Å². The Labute approximate surface area is 97.1 Å². The highest BCUT2D eigenvalue weighted by Crippen LogP contribution is 2.24. The molecule has 0 aliphatic rings. The lowest BCUT2D eigenvalue weighted by Crippen LogP contribution is -2.07. The Balaban J connectivity index is 2.62. The van der Waals surface area contributed by atoms with Crippen molar-refractivity contribution >= 4 is 5.97 Å². The van der Waals surface area contributed by atoms with Crippen LogP contribution in [0.15, 0.2) is 36.9 Å². The molecule has 0 saturated carbocycles. The smallest absolute Gasteiger partial charge is 0.341 e. The number of pyridine rings is 2. The third kappa shape index (κ3) is 2.13. The van der Waals surface area contributed by atoms with Gasteiger partial charge in [0, 0.05) is 29.7 Å². The Morgan fingerprint density at radius 3 is 2.76 bits per heavy atom. The second-order valence-electron chi connectivity index (χ2n) is 3.28. The fourth-order valence-electron chi connectivity index (χ4n) is 1.49. The first kappa shape index (κ1) is 11.2. The van der Waals surface area contributed by atoms with E-state index in [1.54, 1.807) is 18.3 Å². The first-order chi connectivity index (χ1) is 8.24. The highest BCUT2D eigenvalue weighted by atomic mass is 19.1. The molecule has 0 aromatic carbocycles. The fraction of sp³-hybridized carbons (Fsp3) is 0.0833. The second kappa shape index (κ2) is 4.69. The van der Waals surface area contributed by atoms with Crippen molar-refractivity contribution in [2.75, 3.05) is 7.11 Å². The largest absolute Gasteiger partial charge is 0.465 e. The van der Waals surface area contributed by atoms with Crippen LogP contribution in [0.5, 0.6) is 0 Å². The Hall–Kier alpha value is -2.30. The lowest BCUT2D eigenvalue weighted by molar-refractivity contribution is 0.0596. The third-order valence-electron chi connectivity index (χ3n) is 2.26. The molecule has 0 fully saturated rings. The van der Waals surface area contributed by atoms with E-state index in [9.17, 15) is 9.18 Å². The molecule has 5 heteroatoms. The zero-order valence-electron chi connectivity index (χ0n) is 9.05. The van der Waals surface area contributed by atoms with E-state index in [0.29, 0.717) is 11.1 Å². The molecular weight excluding hydrogens is 223 g/mol. The van der Waals surface area contributed by atoms with E-state index in [-0.39, 0.29) is 5.56 Å². The summed E-state index contributed by atoms with van der Waals surface area (Å²) in [7, 11) is 1.20. The molecule has 0 N–H and O–H groups in total. The first-order valence-corrected chi connectivity index (χ1v) is 4.86. The fourth-order valence-corrected chi connectivity index (χ4v) is 1.49. The molecule has 0 unspecified atom stereocenters. The molecule has 4 nitrogen and oxygen atoms in total. The number of nitrogens with zero attached hydrogens (tertiary/aromatic N) is 2. The minimum atomic E-state index is -0.733. The molecule has 86 valence electrons. The van der Waals surface area contributed by atoms with Gasteiger partial charge in [-0.15, -0.1) is 0 Å². The van der Waals surface area contributed by atoms with Crippen molar-refractivity contribution in [2.24, 2.45) is 0 Å². The van der Waals surface area contributed by atoms with Crippen molar-refractivity contribution in [1.29, 1.82) is 0 Å². The number of esters is 1. The average molecular weight is 232 g/mol. The Morgan fingerprint density at radius 1 is 1.29 bits per heavy atom. The molecule has 0 saturated heterocycles. The topological polar surface area (TPSA) is 52.1 Å². The van der Waals surface area contributed by atoms with Gasteiger partial charge in [-0.05, 0) is 6.07 Å². The van der Waals surface area contributed by atoms with Crippen LogP contribution in [0, 0.1) is 5.82 Å². The normalized spacial score (nSPS) is 10.0. The van der Waals surface area contributed by atoms with Crippen molar-refractivity contribution in [2.45, 2.75) is 0 Å². The summed E-state index contributed by atoms with van der Waals surface area (Å²) in [6, 6.07) is 3.41. The van der Waals surface area contributed by atoms with Crippen LogP contribution in [-0.2, 0) is 4.74 Å². The molecule has 2 aromatic rings. The van der Waals surface area contributed by atoms with Gasteiger partial charge in [-0.2, -0.15) is 0 Å². The molecule has 2 heterocycles. The quantitative estimate of drug-likeness (QED) is 0.744. The highest BCUT2D eigenvalue weighted by molar-refractivity contribution is 5.97. The minimum absolute atomic E-state index is 0.129. The highest BCUT2D eigenvalue weighted by Gasteiger charge is 2.18. The Morgan fingerprint density at radius 2 is 2.12 bits per heavy atom. The van der Waals surface area contributed by atoms with E-state index in [1.807, 2.05) is 0 Å². The number of methoxy groups -OCH3 is 1. The van der Waals surface area contributed by atoms with E-state index in [2.05, 4.69) is 14.7 Å². The lowest BCUT2D eigenvalue weighted by atomic mass is 10.0. The van der Waals surface area contributed by atoms with Gasteiger partial charge in [-0.1, -0.05) is 6.07 Å². The number of rotatable bonds is 2. The summed E-state index contributed by atoms with van der Waals surface area (Å²) in [5.74, 6) is -1.44. The van der Waals surface area contributed by atoms with Crippen LogP contribution in [0.3, 0.4) is 0 Å². The van der Waals surface area contributed by atoms with E-state index in [0.717, 1.165) is 6.20 Å². The number of ether oxygens (including phenoxy) is 1. The van der Waals surface area contributed by atoms with Crippen LogP contribution in [0.4, 0.5) is 4.39 Å². The molecule has 2 aromatic heterocycles. The van der Waals surface area contributed by atoms with Gasteiger partial charge < -0.3 is 4.74 Å². The molecule has 0 bridgehead atoms. The maximum absolute atomic E-state index is 13.6. The van der Waals surface area contributed by atoms with Gasteiger partial charge in [0.05, 0.1) is 13.3 Å². The van der Waals surface area contributed by atoms with Gasteiger partial charge in [-0.25, -0.2) is 9.18 Å². The van der Waals surface area contributed by atoms with Crippen LogP contribution in [0.1, 0.15) is 10.4 Å². The van der Waals surface area contributed by atoms with Crippen LogP contribution in [-0.4, -0.2) is 23.0 Å². The number of hydrogen-bond donors (Lipinski definition) is 0. The SMILES string of the molecule is COC(=O)c1c(F)cncc1-c1cccnc1. The third-order valence-corrected chi connectivity index (χ3v) is 2.26. The van der Waals surface area contributed by atoms with Crippen LogP contribution in [0.2, 0.25) is 0 Å². The van der Waals surface area contributed by atoms with E-state index >= 15 is 0 Å². The summed E-state index contributed by atoms with van der Waals surface area (Å²) < 4.78 is 18.1. The van der Waals surface area contributed by atoms with E-state index in [1.165, 1.54) is 19.5 Å². The van der Waals surface area contributed by atoms with E-state index in [4.69, 9.17) is 0 Å². The molecule has 0 aliphatic heterocycles. The predicted molar refractivity (Wildman–Crippen MR) is 58.8 cm³/mol. The van der Waals surface area contributed by atoms with Crippen molar-refractivity contribution in [3.05, 3.63) is 48.3 Å². The molecule has 0 spiro atoms. The monoisotopic (exact) mass is 232 g/mol. The number of carbonyl (C=O) groups is 1. The molecule has 2 rings (SSSR count). The predicted octanol–water partition coefficient (Wildman–Crippen LogP) is 2.07. The average Bonchev–Trinajstić information content (AvgIpc) is 2.38. The molecule has 0 atom stereocenters. The van der Waals surface area contributed by atoms with E-state index < -0.39 is 11.8 Å². The first-order valence-electron chi connectivity index (χ1n) is 4.86. The van der Waals surface area contributed by atoms with Crippen LogP contribution < -0.4 is 0 Å². The van der Waals surface area contributed by atoms with Gasteiger partial charge in [0.1, 0.15) is 5.56 Å². The summed E-state index contributed by atoms with van der Waals surface area (Å²) in [5, 5.41) is 0. The standard InChI is InChI=1S/C12H9FN2O2/c1-17-12(16)11-9(6-15-7-10(11)13)8-3-2-4-14-5-8/h2-7H,1H3. The van der Waals surface area contributed by atoms with Crippen molar-refractivity contribution in [1.82, 2.24) is 9.97 Å². The number of aromatic nitrogens is 2. The Kier molecular flexibility index (Phi) is 3.09. The maximum Gasteiger partial charge on any atom is 0.341 e. The van der Waals surface area contributed by atoms with Crippen molar-refractivity contribution in [3.63, 3.8) is 0 Å². The van der Waals surface area contributed by atoms with Crippen molar-refractivity contribution in [3.8, 4) is 11.1 Å². The summed E-state index contributed by atoms with van der Waals surface area (Å²) in [6.07, 6.45) is 5.51. The lowest BCUT2D eigenvalue weighted by Gasteiger charge is -2.07. The summed E-state index contributed by atoms with van der Waals surface area (Å²) in [4.78, 5) is 19.2. The van der Waals surface area contributed by atoms with Gasteiger partial charge in [0.25, 0.3) is 0 Å². The second-order valence-corrected chi connectivity index (χ2v) is 3.28. The molecule has 0 radical (unpaired) electrons. The minimum Gasteiger partial charge on any atom is -0.465 e. The summed E-state index contributed by atoms with van der Waals surface area (Å²) >= 11 is 0. The van der Waals surface area contributed by atoms with Gasteiger partial charge in [-0.3, -0.25) is 9.97 Å². The molecule has 17 heavy (non-hydrogen) atoms. The molecular formula is C12H9FN2O2. The molecule has 0 aliphatic carbocycles.